The minimum absolute atomic E-state index is 0.0381. The first kappa shape index (κ1) is 17.2. The van der Waals surface area contributed by atoms with Gasteiger partial charge in [0, 0.05) is 31.0 Å². The molecule has 0 bridgehead atoms. The van der Waals surface area contributed by atoms with E-state index in [4.69, 9.17) is 9.84 Å². The van der Waals surface area contributed by atoms with E-state index in [-0.39, 0.29) is 29.6 Å². The molecule has 0 saturated heterocycles. The van der Waals surface area contributed by atoms with Gasteiger partial charge < -0.3 is 15.2 Å². The third-order valence-corrected chi connectivity index (χ3v) is 3.08. The molecule has 1 rings (SSSR count). The number of nitro benzene ring substituents is 1. The molecule has 0 aliphatic rings. The molecule has 0 radical (unpaired) electrons. The molecule has 118 valence electrons. The summed E-state index contributed by atoms with van der Waals surface area (Å²) in [6.45, 7) is 8.55. The summed E-state index contributed by atoms with van der Waals surface area (Å²) in [5, 5.41) is 23.2. The molecular formula is C15H24N2O4. The zero-order chi connectivity index (χ0) is 16.0. The van der Waals surface area contributed by atoms with Gasteiger partial charge in [-0.2, -0.15) is 0 Å². The van der Waals surface area contributed by atoms with Crippen LogP contribution in [-0.2, 0) is 0 Å². The van der Waals surface area contributed by atoms with Gasteiger partial charge in [0.15, 0.2) is 5.75 Å². The molecule has 0 aromatic heterocycles. The van der Waals surface area contributed by atoms with Gasteiger partial charge in [-0.15, -0.1) is 0 Å². The third kappa shape index (κ3) is 5.59. The number of aliphatic hydroxyl groups is 1. The molecule has 1 aromatic rings. The maximum absolute atomic E-state index is 11.0. The zero-order valence-electron chi connectivity index (χ0n) is 13.0. The van der Waals surface area contributed by atoms with E-state index in [0.717, 1.165) is 5.69 Å². The van der Waals surface area contributed by atoms with Crippen molar-refractivity contribution in [2.75, 3.05) is 18.5 Å². The Morgan fingerprint density at radius 3 is 2.62 bits per heavy atom. The topological polar surface area (TPSA) is 84.6 Å². The van der Waals surface area contributed by atoms with Crippen LogP contribution in [0.2, 0.25) is 0 Å². The summed E-state index contributed by atoms with van der Waals surface area (Å²) in [4.78, 5) is 10.5. The number of benzene rings is 1. The van der Waals surface area contributed by atoms with E-state index in [1.165, 1.54) is 6.07 Å². The lowest BCUT2D eigenvalue weighted by molar-refractivity contribution is -0.386. The van der Waals surface area contributed by atoms with Crippen LogP contribution in [0.1, 0.15) is 34.1 Å². The first-order valence-electron chi connectivity index (χ1n) is 7.05. The summed E-state index contributed by atoms with van der Waals surface area (Å²) in [6.07, 6.45) is 0.548. The summed E-state index contributed by atoms with van der Waals surface area (Å²) < 4.78 is 5.51. The van der Waals surface area contributed by atoms with Crippen molar-refractivity contribution in [1.82, 2.24) is 0 Å². The molecule has 6 heteroatoms. The summed E-state index contributed by atoms with van der Waals surface area (Å²) in [5.41, 5.74) is 0.668. The summed E-state index contributed by atoms with van der Waals surface area (Å²) in [7, 11) is 0. The second kappa shape index (κ2) is 7.26. The van der Waals surface area contributed by atoms with Gasteiger partial charge in [-0.05, 0) is 31.7 Å². The molecule has 0 atom stereocenters. The Morgan fingerprint density at radius 1 is 1.43 bits per heavy atom. The second-order valence-electron chi connectivity index (χ2n) is 6.10. The fourth-order valence-electron chi connectivity index (χ4n) is 1.86. The number of nitrogens with zero attached hydrogens (tertiary/aromatic N) is 1. The van der Waals surface area contributed by atoms with Crippen molar-refractivity contribution < 1.29 is 14.8 Å². The van der Waals surface area contributed by atoms with Gasteiger partial charge in [-0.25, -0.2) is 0 Å². The predicted molar refractivity (Wildman–Crippen MR) is 82.8 cm³/mol. The lowest BCUT2D eigenvalue weighted by atomic mass is 9.89. The molecular weight excluding hydrogens is 272 g/mol. The van der Waals surface area contributed by atoms with Crippen molar-refractivity contribution in [3.8, 4) is 5.75 Å². The fourth-order valence-corrected chi connectivity index (χ4v) is 1.86. The maximum Gasteiger partial charge on any atom is 0.311 e. The van der Waals surface area contributed by atoms with E-state index >= 15 is 0 Å². The third-order valence-electron chi connectivity index (χ3n) is 3.08. The van der Waals surface area contributed by atoms with E-state index in [0.29, 0.717) is 13.0 Å². The summed E-state index contributed by atoms with van der Waals surface area (Å²) >= 11 is 0. The van der Waals surface area contributed by atoms with Crippen molar-refractivity contribution in [2.45, 2.75) is 40.2 Å². The van der Waals surface area contributed by atoms with Crippen LogP contribution < -0.4 is 10.1 Å². The molecule has 0 spiro atoms. The Kier molecular flexibility index (Phi) is 5.96. The van der Waals surface area contributed by atoms with Crippen LogP contribution in [0.5, 0.6) is 5.75 Å². The standard InChI is InChI=1S/C15H24N2O4/c1-11(2)21-14-9-12(5-6-13(14)17(19)20)16-10-15(3,4)7-8-18/h5-6,9,11,16,18H,7-8,10H2,1-4H3. The van der Waals surface area contributed by atoms with Gasteiger partial charge in [0.2, 0.25) is 0 Å². The Labute approximate surface area is 125 Å². The summed E-state index contributed by atoms with van der Waals surface area (Å²) in [6, 6.07) is 4.76. The molecule has 0 unspecified atom stereocenters. The van der Waals surface area contributed by atoms with E-state index in [9.17, 15) is 10.1 Å². The maximum atomic E-state index is 11.0. The van der Waals surface area contributed by atoms with E-state index < -0.39 is 4.92 Å². The molecule has 0 amide bonds. The lowest BCUT2D eigenvalue weighted by Crippen LogP contribution is -2.24. The minimum atomic E-state index is -0.447. The van der Waals surface area contributed by atoms with Crippen molar-refractivity contribution in [2.24, 2.45) is 5.41 Å². The Hall–Kier alpha value is -1.82. The van der Waals surface area contributed by atoms with Crippen molar-refractivity contribution >= 4 is 11.4 Å². The predicted octanol–water partition coefficient (Wildman–Crippen LogP) is 3.20. The highest BCUT2D eigenvalue weighted by molar-refractivity contribution is 5.58. The highest BCUT2D eigenvalue weighted by Crippen LogP contribution is 2.31. The molecule has 2 N–H and O–H groups in total. The Balaban J connectivity index is 2.87. The Bertz CT molecular complexity index is 487. The van der Waals surface area contributed by atoms with Crippen LogP contribution in [0.4, 0.5) is 11.4 Å². The summed E-state index contributed by atoms with van der Waals surface area (Å²) in [5.74, 6) is 0.264. The fraction of sp³-hybridized carbons (Fsp3) is 0.600. The van der Waals surface area contributed by atoms with Crippen LogP contribution in [0.3, 0.4) is 0 Å². The first-order valence-corrected chi connectivity index (χ1v) is 7.05. The average molecular weight is 296 g/mol. The number of ether oxygens (including phenoxy) is 1. The van der Waals surface area contributed by atoms with E-state index in [2.05, 4.69) is 5.32 Å². The average Bonchev–Trinajstić information content (AvgIpc) is 2.35. The van der Waals surface area contributed by atoms with Gasteiger partial charge in [-0.3, -0.25) is 10.1 Å². The van der Waals surface area contributed by atoms with Crippen LogP contribution in [-0.4, -0.2) is 29.3 Å². The quantitative estimate of drug-likeness (QED) is 0.568. The smallest absolute Gasteiger partial charge is 0.311 e. The normalized spacial score (nSPS) is 11.5. The highest BCUT2D eigenvalue weighted by Gasteiger charge is 2.19. The molecule has 21 heavy (non-hydrogen) atoms. The van der Waals surface area contributed by atoms with Gasteiger partial charge in [0.25, 0.3) is 0 Å². The number of hydrogen-bond donors (Lipinski definition) is 2. The van der Waals surface area contributed by atoms with Crippen molar-refractivity contribution in [3.63, 3.8) is 0 Å². The number of nitro groups is 1. The van der Waals surface area contributed by atoms with Gasteiger partial charge in [0.05, 0.1) is 11.0 Å². The van der Waals surface area contributed by atoms with Gasteiger partial charge in [0.1, 0.15) is 0 Å². The number of hydrogen-bond acceptors (Lipinski definition) is 5. The number of anilines is 1. The van der Waals surface area contributed by atoms with Crippen molar-refractivity contribution in [1.29, 1.82) is 0 Å². The van der Waals surface area contributed by atoms with Crippen LogP contribution in [0.15, 0.2) is 18.2 Å². The van der Waals surface area contributed by atoms with Crippen LogP contribution in [0.25, 0.3) is 0 Å². The molecule has 0 aliphatic heterocycles. The molecule has 1 aromatic carbocycles. The molecule has 0 saturated carbocycles. The van der Waals surface area contributed by atoms with E-state index in [1.807, 2.05) is 27.7 Å². The number of aliphatic hydroxyl groups excluding tert-OH is 1. The largest absolute Gasteiger partial charge is 0.484 e. The Morgan fingerprint density at radius 2 is 2.10 bits per heavy atom. The number of nitrogens with one attached hydrogen (secondary N) is 1. The molecule has 0 heterocycles. The van der Waals surface area contributed by atoms with E-state index in [1.54, 1.807) is 12.1 Å². The minimum Gasteiger partial charge on any atom is -0.484 e. The monoisotopic (exact) mass is 296 g/mol. The first-order chi connectivity index (χ1) is 9.75. The zero-order valence-corrected chi connectivity index (χ0v) is 13.0. The molecule has 0 aliphatic carbocycles. The molecule has 6 nitrogen and oxygen atoms in total. The van der Waals surface area contributed by atoms with Crippen LogP contribution in [0, 0.1) is 15.5 Å². The lowest BCUT2D eigenvalue weighted by Gasteiger charge is -2.24. The SMILES string of the molecule is CC(C)Oc1cc(NCC(C)(C)CCO)ccc1[N+](=O)[O-]. The molecule has 0 fully saturated rings. The highest BCUT2D eigenvalue weighted by atomic mass is 16.6. The number of rotatable bonds is 8. The van der Waals surface area contributed by atoms with Crippen LogP contribution >= 0.6 is 0 Å². The van der Waals surface area contributed by atoms with Gasteiger partial charge >= 0.3 is 5.69 Å². The second-order valence-corrected chi connectivity index (χ2v) is 6.10. The van der Waals surface area contributed by atoms with Gasteiger partial charge in [-0.1, -0.05) is 13.8 Å². The van der Waals surface area contributed by atoms with Crippen molar-refractivity contribution in [3.05, 3.63) is 28.3 Å².